The molecular weight excluding hydrogens is 416 g/mol. The van der Waals surface area contributed by atoms with E-state index in [1.54, 1.807) is 24.6 Å². The Bertz CT molecular complexity index is 1210. The van der Waals surface area contributed by atoms with Gasteiger partial charge in [-0.1, -0.05) is 24.3 Å². The molecule has 2 aromatic heterocycles. The van der Waals surface area contributed by atoms with Crippen LogP contribution >= 0.6 is 0 Å². The van der Waals surface area contributed by atoms with Gasteiger partial charge in [0.05, 0.1) is 18.4 Å². The third kappa shape index (κ3) is 3.91. The van der Waals surface area contributed by atoms with Crippen LogP contribution in [0.15, 0.2) is 71.1 Å². The average molecular weight is 443 g/mol. The number of rotatable bonds is 5. The molecule has 7 heteroatoms. The molecule has 0 spiro atoms. The zero-order valence-electron chi connectivity index (χ0n) is 18.8. The second-order valence-electron chi connectivity index (χ2n) is 8.46. The van der Waals surface area contributed by atoms with Crippen molar-refractivity contribution in [3.05, 3.63) is 89.1 Å². The molecule has 0 bridgehead atoms. The fourth-order valence-corrected chi connectivity index (χ4v) is 4.42. The Morgan fingerprint density at radius 3 is 2.33 bits per heavy atom. The van der Waals surface area contributed by atoms with Gasteiger partial charge in [-0.05, 0) is 54.8 Å². The summed E-state index contributed by atoms with van der Waals surface area (Å²) in [7, 11) is 0. The number of carbonyl (C=O) groups excluding carboxylic acids is 2. The van der Waals surface area contributed by atoms with E-state index in [0.717, 1.165) is 35.6 Å². The van der Waals surface area contributed by atoms with E-state index >= 15 is 0 Å². The number of nitrogens with zero attached hydrogens (tertiary/aromatic N) is 4. The molecule has 0 saturated carbocycles. The SMILES string of the molecule is Cc1ccc(C2=C(N3CCN(c4ccccn4)CC3)C(=O)N(Cc3ccco3)C2=O)cc1C. The van der Waals surface area contributed by atoms with Crippen LogP contribution in [0.4, 0.5) is 5.82 Å². The van der Waals surface area contributed by atoms with Crippen molar-refractivity contribution < 1.29 is 14.0 Å². The minimum atomic E-state index is -0.276. The summed E-state index contributed by atoms with van der Waals surface area (Å²) >= 11 is 0. The molecule has 1 aromatic carbocycles. The highest BCUT2D eigenvalue weighted by molar-refractivity contribution is 6.35. The number of imide groups is 1. The number of piperazine rings is 1. The first-order chi connectivity index (χ1) is 16.0. The van der Waals surface area contributed by atoms with Gasteiger partial charge in [0.15, 0.2) is 0 Å². The largest absolute Gasteiger partial charge is 0.467 e. The molecule has 33 heavy (non-hydrogen) atoms. The van der Waals surface area contributed by atoms with Crippen LogP contribution in [0, 0.1) is 13.8 Å². The smallest absolute Gasteiger partial charge is 0.278 e. The van der Waals surface area contributed by atoms with Crippen LogP contribution in [-0.4, -0.2) is 52.8 Å². The van der Waals surface area contributed by atoms with Gasteiger partial charge < -0.3 is 14.2 Å². The Labute approximate surface area is 192 Å². The molecule has 0 aliphatic carbocycles. The first kappa shape index (κ1) is 21.0. The number of pyridine rings is 1. The summed E-state index contributed by atoms with van der Waals surface area (Å²) in [4.78, 5) is 37.1. The molecule has 2 amide bonds. The van der Waals surface area contributed by atoms with E-state index in [-0.39, 0.29) is 18.4 Å². The molecule has 168 valence electrons. The highest BCUT2D eigenvalue weighted by atomic mass is 16.3. The van der Waals surface area contributed by atoms with Crippen LogP contribution in [0.1, 0.15) is 22.5 Å². The van der Waals surface area contributed by atoms with E-state index < -0.39 is 0 Å². The van der Waals surface area contributed by atoms with E-state index in [1.165, 1.54) is 4.90 Å². The van der Waals surface area contributed by atoms with Crippen molar-refractivity contribution in [2.75, 3.05) is 31.1 Å². The van der Waals surface area contributed by atoms with Gasteiger partial charge in [0.1, 0.15) is 17.3 Å². The normalized spacial score (nSPS) is 16.8. The van der Waals surface area contributed by atoms with Gasteiger partial charge in [0, 0.05) is 32.4 Å². The van der Waals surface area contributed by atoms with E-state index in [9.17, 15) is 9.59 Å². The van der Waals surface area contributed by atoms with Crippen molar-refractivity contribution in [1.29, 1.82) is 0 Å². The Hall–Kier alpha value is -3.87. The Morgan fingerprint density at radius 1 is 0.879 bits per heavy atom. The fraction of sp³-hybridized carbons (Fsp3) is 0.269. The molecule has 0 N–H and O–H groups in total. The highest BCUT2D eigenvalue weighted by Gasteiger charge is 2.42. The number of aryl methyl sites for hydroxylation is 2. The van der Waals surface area contributed by atoms with Crippen LogP contribution in [-0.2, 0) is 16.1 Å². The molecule has 5 rings (SSSR count). The number of benzene rings is 1. The number of hydrogen-bond acceptors (Lipinski definition) is 6. The van der Waals surface area contributed by atoms with Crippen LogP contribution in [0.3, 0.4) is 0 Å². The lowest BCUT2D eigenvalue weighted by atomic mass is 9.99. The van der Waals surface area contributed by atoms with E-state index in [1.807, 2.05) is 55.1 Å². The summed E-state index contributed by atoms with van der Waals surface area (Å²) in [5, 5.41) is 0. The van der Waals surface area contributed by atoms with E-state index in [4.69, 9.17) is 4.42 Å². The maximum atomic E-state index is 13.6. The molecule has 2 aliphatic heterocycles. The third-order valence-corrected chi connectivity index (χ3v) is 6.40. The molecule has 4 heterocycles. The monoisotopic (exact) mass is 442 g/mol. The maximum absolute atomic E-state index is 13.6. The predicted molar refractivity (Wildman–Crippen MR) is 125 cm³/mol. The first-order valence-corrected chi connectivity index (χ1v) is 11.1. The number of anilines is 1. The molecule has 1 saturated heterocycles. The topological polar surface area (TPSA) is 69.9 Å². The molecule has 3 aromatic rings. The van der Waals surface area contributed by atoms with Gasteiger partial charge in [0.2, 0.25) is 0 Å². The lowest BCUT2D eigenvalue weighted by molar-refractivity contribution is -0.138. The van der Waals surface area contributed by atoms with Gasteiger partial charge in [-0.2, -0.15) is 0 Å². The van der Waals surface area contributed by atoms with Gasteiger partial charge in [-0.3, -0.25) is 14.5 Å². The van der Waals surface area contributed by atoms with E-state index in [2.05, 4.69) is 9.88 Å². The van der Waals surface area contributed by atoms with Crippen molar-refractivity contribution in [2.45, 2.75) is 20.4 Å². The molecule has 0 atom stereocenters. The van der Waals surface area contributed by atoms with Crippen molar-refractivity contribution in [1.82, 2.24) is 14.8 Å². The zero-order chi connectivity index (χ0) is 22.9. The summed E-state index contributed by atoms with van der Waals surface area (Å²) in [5.41, 5.74) is 3.97. The summed E-state index contributed by atoms with van der Waals surface area (Å²) < 4.78 is 5.42. The molecule has 0 unspecified atom stereocenters. The minimum Gasteiger partial charge on any atom is -0.467 e. The summed E-state index contributed by atoms with van der Waals surface area (Å²) in [6, 6.07) is 15.3. The minimum absolute atomic E-state index is 0.121. The number of carbonyl (C=O) groups is 2. The second kappa shape index (κ2) is 8.58. The zero-order valence-corrected chi connectivity index (χ0v) is 18.8. The number of aromatic nitrogens is 1. The number of amides is 2. The van der Waals surface area contributed by atoms with Crippen molar-refractivity contribution in [3.8, 4) is 0 Å². The maximum Gasteiger partial charge on any atom is 0.278 e. The van der Waals surface area contributed by atoms with Crippen LogP contribution in [0.2, 0.25) is 0 Å². The lowest BCUT2D eigenvalue weighted by Crippen LogP contribution is -2.47. The van der Waals surface area contributed by atoms with Gasteiger partial charge >= 0.3 is 0 Å². The van der Waals surface area contributed by atoms with Crippen LogP contribution in [0.5, 0.6) is 0 Å². The summed E-state index contributed by atoms with van der Waals surface area (Å²) in [6.07, 6.45) is 3.34. The number of hydrogen-bond donors (Lipinski definition) is 0. The number of furan rings is 1. The summed E-state index contributed by atoms with van der Waals surface area (Å²) in [6.45, 7) is 6.89. The first-order valence-electron chi connectivity index (χ1n) is 11.1. The fourth-order valence-electron chi connectivity index (χ4n) is 4.42. The van der Waals surface area contributed by atoms with Gasteiger partial charge in [-0.25, -0.2) is 4.98 Å². The predicted octanol–water partition coefficient (Wildman–Crippen LogP) is 3.39. The molecule has 0 radical (unpaired) electrons. The van der Waals surface area contributed by atoms with Crippen molar-refractivity contribution in [3.63, 3.8) is 0 Å². The average Bonchev–Trinajstić information content (AvgIpc) is 3.44. The van der Waals surface area contributed by atoms with Crippen molar-refractivity contribution in [2.24, 2.45) is 0 Å². The molecule has 2 aliphatic rings. The Balaban J connectivity index is 1.48. The third-order valence-electron chi connectivity index (χ3n) is 6.40. The second-order valence-corrected chi connectivity index (χ2v) is 8.46. The van der Waals surface area contributed by atoms with Gasteiger partial charge in [-0.15, -0.1) is 0 Å². The van der Waals surface area contributed by atoms with E-state index in [0.29, 0.717) is 30.1 Å². The highest BCUT2D eigenvalue weighted by Crippen LogP contribution is 2.34. The molecule has 7 nitrogen and oxygen atoms in total. The van der Waals surface area contributed by atoms with Crippen LogP contribution in [0.25, 0.3) is 5.57 Å². The quantitative estimate of drug-likeness (QED) is 0.564. The standard InChI is InChI=1S/C26H26N4O3/c1-18-8-9-20(16-19(18)2)23-24(26(32)30(25(23)31)17-21-6-5-15-33-21)29-13-11-28(12-14-29)22-7-3-4-10-27-22/h3-10,15-16H,11-14,17H2,1-2H3. The summed E-state index contributed by atoms with van der Waals surface area (Å²) in [5.74, 6) is 0.962. The lowest BCUT2D eigenvalue weighted by Gasteiger charge is -2.37. The Morgan fingerprint density at radius 2 is 1.67 bits per heavy atom. The van der Waals surface area contributed by atoms with Crippen LogP contribution < -0.4 is 4.90 Å². The molecular formula is C26H26N4O3. The Kier molecular flexibility index (Phi) is 5.46. The van der Waals surface area contributed by atoms with Gasteiger partial charge in [0.25, 0.3) is 11.8 Å². The van der Waals surface area contributed by atoms with Crippen molar-refractivity contribution >= 4 is 23.2 Å². The molecule has 1 fully saturated rings.